The smallest absolute Gasteiger partial charge is 0.109 e. The van der Waals surface area contributed by atoms with Crippen LogP contribution in [0.5, 0.6) is 0 Å². The topological polar surface area (TPSA) is 45.1 Å². The maximum absolute atomic E-state index is 8.99. The molecule has 2 atom stereocenters. The van der Waals surface area contributed by atoms with Crippen LogP contribution < -0.4 is 5.32 Å². The summed E-state index contributed by atoms with van der Waals surface area (Å²) in [6, 6.07) is 0.413. The Balaban J connectivity index is 2.45. The van der Waals surface area contributed by atoms with Gasteiger partial charge in [0.2, 0.25) is 0 Å². The number of hydrogen-bond acceptors (Lipinski definition) is 4. The number of nitrogens with one attached hydrogen (secondary N) is 1. The van der Waals surface area contributed by atoms with Gasteiger partial charge < -0.3 is 10.4 Å². The zero-order chi connectivity index (χ0) is 9.68. The second-order valence-electron chi connectivity index (χ2n) is 3.05. The van der Waals surface area contributed by atoms with E-state index in [1.54, 1.807) is 17.5 Å². The molecule has 1 heterocycles. The quantitative estimate of drug-likeness (QED) is 0.758. The van der Waals surface area contributed by atoms with E-state index < -0.39 is 0 Å². The molecule has 0 spiro atoms. The van der Waals surface area contributed by atoms with Crippen molar-refractivity contribution in [3.05, 3.63) is 16.6 Å². The molecule has 0 fully saturated rings. The summed E-state index contributed by atoms with van der Waals surface area (Å²) in [5.74, 6) is 0. The summed E-state index contributed by atoms with van der Waals surface area (Å²) in [5.41, 5.74) is 0. The summed E-state index contributed by atoms with van der Waals surface area (Å²) in [5, 5.41) is 15.4. The third kappa shape index (κ3) is 3.06. The Kier molecular flexibility index (Phi) is 4.35. The molecule has 0 amide bonds. The highest BCUT2D eigenvalue weighted by Crippen LogP contribution is 2.15. The molecule has 0 bridgehead atoms. The van der Waals surface area contributed by atoms with Gasteiger partial charge in [-0.05, 0) is 13.3 Å². The normalized spacial score (nSPS) is 15.6. The van der Waals surface area contributed by atoms with Crippen molar-refractivity contribution in [1.29, 1.82) is 0 Å². The third-order valence-corrected chi connectivity index (χ3v) is 2.98. The minimum atomic E-state index is 0.180. The van der Waals surface area contributed by atoms with Gasteiger partial charge in [0.05, 0.1) is 12.6 Å². The maximum atomic E-state index is 8.99. The molecule has 3 nitrogen and oxygen atoms in total. The molecule has 13 heavy (non-hydrogen) atoms. The first-order valence-corrected chi connectivity index (χ1v) is 5.42. The molecule has 0 unspecified atom stereocenters. The highest BCUT2D eigenvalue weighted by atomic mass is 32.1. The Morgan fingerprint density at radius 3 is 2.92 bits per heavy atom. The lowest BCUT2D eigenvalue weighted by molar-refractivity contribution is 0.230. The fourth-order valence-electron chi connectivity index (χ4n) is 1.17. The van der Waals surface area contributed by atoms with Crippen LogP contribution in [0.15, 0.2) is 11.6 Å². The molecular formula is C9H16N2OS. The van der Waals surface area contributed by atoms with Crippen LogP contribution in [0.2, 0.25) is 0 Å². The predicted molar refractivity (Wildman–Crippen MR) is 54.8 cm³/mol. The molecule has 2 N–H and O–H groups in total. The van der Waals surface area contributed by atoms with E-state index in [9.17, 15) is 0 Å². The minimum absolute atomic E-state index is 0.180. The second kappa shape index (κ2) is 5.32. The van der Waals surface area contributed by atoms with E-state index in [-0.39, 0.29) is 18.7 Å². The Bertz CT molecular complexity index is 222. The average Bonchev–Trinajstić information content (AvgIpc) is 2.66. The Hall–Kier alpha value is -0.450. The van der Waals surface area contributed by atoms with Crippen molar-refractivity contribution in [2.75, 3.05) is 6.61 Å². The Labute approximate surface area is 82.8 Å². The summed E-state index contributed by atoms with van der Waals surface area (Å²) in [4.78, 5) is 4.21. The number of aliphatic hydroxyl groups excluding tert-OH is 1. The molecule has 1 aromatic rings. The van der Waals surface area contributed by atoms with Crippen LogP contribution in [0.3, 0.4) is 0 Å². The van der Waals surface area contributed by atoms with Crippen LogP contribution in [-0.2, 0) is 0 Å². The van der Waals surface area contributed by atoms with Crippen LogP contribution >= 0.6 is 11.3 Å². The zero-order valence-corrected chi connectivity index (χ0v) is 8.84. The van der Waals surface area contributed by atoms with Crippen molar-refractivity contribution in [3.8, 4) is 0 Å². The van der Waals surface area contributed by atoms with Gasteiger partial charge in [-0.15, -0.1) is 11.3 Å². The molecular weight excluding hydrogens is 184 g/mol. The van der Waals surface area contributed by atoms with E-state index in [1.807, 2.05) is 5.38 Å². The largest absolute Gasteiger partial charge is 0.395 e. The summed E-state index contributed by atoms with van der Waals surface area (Å²) in [6.45, 7) is 4.31. The van der Waals surface area contributed by atoms with Crippen LogP contribution in [0.25, 0.3) is 0 Å². The van der Waals surface area contributed by atoms with Crippen molar-refractivity contribution in [2.45, 2.75) is 32.4 Å². The zero-order valence-electron chi connectivity index (χ0n) is 8.03. The summed E-state index contributed by atoms with van der Waals surface area (Å²) >= 11 is 1.64. The Morgan fingerprint density at radius 2 is 2.46 bits per heavy atom. The fourth-order valence-corrected chi connectivity index (χ4v) is 1.83. The third-order valence-electron chi connectivity index (χ3n) is 2.02. The van der Waals surface area contributed by atoms with Gasteiger partial charge in [-0.2, -0.15) is 0 Å². The molecule has 1 rings (SSSR count). The first-order chi connectivity index (χ1) is 6.27. The minimum Gasteiger partial charge on any atom is -0.395 e. The molecule has 0 aliphatic rings. The van der Waals surface area contributed by atoms with Crippen LogP contribution in [-0.4, -0.2) is 22.7 Å². The SMILES string of the molecule is CC[C@H](CO)N[C@H](C)c1nccs1. The number of aliphatic hydroxyl groups is 1. The van der Waals surface area contributed by atoms with E-state index in [2.05, 4.69) is 24.1 Å². The van der Waals surface area contributed by atoms with E-state index in [0.717, 1.165) is 11.4 Å². The fraction of sp³-hybridized carbons (Fsp3) is 0.667. The monoisotopic (exact) mass is 200 g/mol. The van der Waals surface area contributed by atoms with E-state index in [1.165, 1.54) is 0 Å². The molecule has 0 aromatic carbocycles. The van der Waals surface area contributed by atoms with Crippen molar-refractivity contribution in [1.82, 2.24) is 10.3 Å². The van der Waals surface area contributed by atoms with Gasteiger partial charge in [0, 0.05) is 17.6 Å². The van der Waals surface area contributed by atoms with Gasteiger partial charge in [0.1, 0.15) is 5.01 Å². The lowest BCUT2D eigenvalue weighted by Gasteiger charge is -2.18. The van der Waals surface area contributed by atoms with E-state index in [0.29, 0.717) is 0 Å². The number of thiazole rings is 1. The number of nitrogens with zero attached hydrogens (tertiary/aromatic N) is 1. The van der Waals surface area contributed by atoms with Crippen molar-refractivity contribution < 1.29 is 5.11 Å². The maximum Gasteiger partial charge on any atom is 0.109 e. The van der Waals surface area contributed by atoms with Gasteiger partial charge >= 0.3 is 0 Å². The lowest BCUT2D eigenvalue weighted by atomic mass is 10.2. The standard InChI is InChI=1S/C9H16N2OS/c1-3-8(6-12)11-7(2)9-10-4-5-13-9/h4-5,7-8,11-12H,3,6H2,1-2H3/t7-,8-/m1/s1. The summed E-state index contributed by atoms with van der Waals surface area (Å²) in [6.07, 6.45) is 2.74. The lowest BCUT2D eigenvalue weighted by Crippen LogP contribution is -2.33. The molecule has 74 valence electrons. The van der Waals surface area contributed by atoms with Crippen molar-refractivity contribution in [2.24, 2.45) is 0 Å². The molecule has 1 aromatic heterocycles. The van der Waals surface area contributed by atoms with Gasteiger partial charge in [0.25, 0.3) is 0 Å². The highest BCUT2D eigenvalue weighted by Gasteiger charge is 2.12. The predicted octanol–water partition coefficient (Wildman–Crippen LogP) is 1.56. The van der Waals surface area contributed by atoms with Crippen LogP contribution in [0.4, 0.5) is 0 Å². The van der Waals surface area contributed by atoms with Gasteiger partial charge in [0.15, 0.2) is 0 Å². The number of aromatic nitrogens is 1. The van der Waals surface area contributed by atoms with E-state index >= 15 is 0 Å². The summed E-state index contributed by atoms with van der Waals surface area (Å²) in [7, 11) is 0. The first kappa shape index (κ1) is 10.6. The van der Waals surface area contributed by atoms with Gasteiger partial charge in [-0.1, -0.05) is 6.92 Å². The molecule has 0 aliphatic heterocycles. The van der Waals surface area contributed by atoms with Crippen LogP contribution in [0, 0.1) is 0 Å². The molecule has 0 aliphatic carbocycles. The number of hydrogen-bond donors (Lipinski definition) is 2. The Morgan fingerprint density at radius 1 is 1.69 bits per heavy atom. The highest BCUT2D eigenvalue weighted by molar-refractivity contribution is 7.09. The summed E-state index contributed by atoms with van der Waals surface area (Å²) < 4.78 is 0. The molecule has 0 radical (unpaired) electrons. The second-order valence-corrected chi connectivity index (χ2v) is 3.97. The van der Waals surface area contributed by atoms with Crippen molar-refractivity contribution >= 4 is 11.3 Å². The molecule has 0 saturated heterocycles. The molecule has 0 saturated carbocycles. The van der Waals surface area contributed by atoms with Crippen molar-refractivity contribution in [3.63, 3.8) is 0 Å². The van der Waals surface area contributed by atoms with Gasteiger partial charge in [-0.25, -0.2) is 4.98 Å². The molecule has 4 heteroatoms. The van der Waals surface area contributed by atoms with Gasteiger partial charge in [-0.3, -0.25) is 0 Å². The number of rotatable bonds is 5. The first-order valence-electron chi connectivity index (χ1n) is 4.54. The van der Waals surface area contributed by atoms with E-state index in [4.69, 9.17) is 5.11 Å². The average molecular weight is 200 g/mol. The van der Waals surface area contributed by atoms with Crippen LogP contribution in [0.1, 0.15) is 31.3 Å².